The van der Waals surface area contributed by atoms with Crippen LogP contribution < -0.4 is 4.72 Å². The topological polar surface area (TPSA) is 113 Å². The Bertz CT molecular complexity index is 1430. The SMILES string of the molecule is Cc1ccc(S(=O)(=O)Nc2ccc(S(=O)(=O)O)cc2-c2nc3ccccc3s2)cc1. The van der Waals surface area contributed by atoms with E-state index in [0.717, 1.165) is 16.3 Å². The number of aromatic nitrogens is 1. The molecule has 0 fully saturated rings. The Morgan fingerprint density at radius 1 is 0.900 bits per heavy atom. The maximum Gasteiger partial charge on any atom is 0.294 e. The van der Waals surface area contributed by atoms with E-state index in [9.17, 15) is 21.4 Å². The molecule has 0 aliphatic carbocycles. The second kappa shape index (κ2) is 7.47. The van der Waals surface area contributed by atoms with Gasteiger partial charge < -0.3 is 0 Å². The molecule has 0 amide bonds. The lowest BCUT2D eigenvalue weighted by molar-refractivity contribution is 0.483. The summed E-state index contributed by atoms with van der Waals surface area (Å²) in [5.41, 5.74) is 2.02. The molecule has 0 spiro atoms. The van der Waals surface area contributed by atoms with Crippen LogP contribution >= 0.6 is 11.3 Å². The van der Waals surface area contributed by atoms with Gasteiger partial charge in [-0.15, -0.1) is 11.3 Å². The van der Waals surface area contributed by atoms with Crippen LogP contribution in [0, 0.1) is 6.92 Å². The van der Waals surface area contributed by atoms with Gasteiger partial charge in [0.15, 0.2) is 0 Å². The summed E-state index contributed by atoms with van der Waals surface area (Å²) in [4.78, 5) is 4.21. The van der Waals surface area contributed by atoms with Crippen LogP contribution in [-0.4, -0.2) is 26.4 Å². The fourth-order valence-corrected chi connectivity index (χ4v) is 5.44. The van der Waals surface area contributed by atoms with Gasteiger partial charge >= 0.3 is 0 Å². The average Bonchev–Trinajstić information content (AvgIpc) is 3.11. The largest absolute Gasteiger partial charge is 0.294 e. The van der Waals surface area contributed by atoms with Gasteiger partial charge in [0.05, 0.1) is 25.7 Å². The van der Waals surface area contributed by atoms with Gasteiger partial charge in [0.25, 0.3) is 20.1 Å². The quantitative estimate of drug-likeness (QED) is 0.429. The number of anilines is 1. The highest BCUT2D eigenvalue weighted by atomic mass is 32.2. The average molecular weight is 461 g/mol. The van der Waals surface area contributed by atoms with Crippen LogP contribution in [0.15, 0.2) is 76.5 Å². The minimum absolute atomic E-state index is 0.0715. The summed E-state index contributed by atoms with van der Waals surface area (Å²) in [5, 5.41) is 0.420. The van der Waals surface area contributed by atoms with Gasteiger partial charge in [-0.25, -0.2) is 13.4 Å². The van der Waals surface area contributed by atoms with Gasteiger partial charge in [-0.1, -0.05) is 29.8 Å². The lowest BCUT2D eigenvalue weighted by atomic mass is 10.2. The molecule has 7 nitrogen and oxygen atoms in total. The molecule has 0 saturated carbocycles. The number of thiazole rings is 1. The third-order valence-corrected chi connectivity index (χ3v) is 7.69. The fraction of sp³-hybridized carbons (Fsp3) is 0.0500. The molecule has 0 saturated heterocycles. The summed E-state index contributed by atoms with van der Waals surface area (Å²) in [6.07, 6.45) is 0. The Hall–Kier alpha value is -2.79. The number of para-hydroxylation sites is 1. The van der Waals surface area contributed by atoms with Crippen molar-refractivity contribution < 1.29 is 21.4 Å². The van der Waals surface area contributed by atoms with Crippen LogP contribution in [0.4, 0.5) is 5.69 Å². The first-order valence-electron chi connectivity index (χ1n) is 8.70. The highest BCUT2D eigenvalue weighted by Crippen LogP contribution is 2.36. The number of hydrogen-bond donors (Lipinski definition) is 2. The smallest absolute Gasteiger partial charge is 0.282 e. The van der Waals surface area contributed by atoms with Gasteiger partial charge in [0.1, 0.15) is 5.01 Å². The molecule has 154 valence electrons. The van der Waals surface area contributed by atoms with Gasteiger partial charge in [0.2, 0.25) is 0 Å². The molecule has 0 aliphatic rings. The van der Waals surface area contributed by atoms with Crippen LogP contribution in [0.3, 0.4) is 0 Å². The van der Waals surface area contributed by atoms with E-state index < -0.39 is 20.1 Å². The van der Waals surface area contributed by atoms with Crippen LogP contribution in [0.5, 0.6) is 0 Å². The predicted molar refractivity (Wildman–Crippen MR) is 117 cm³/mol. The maximum absolute atomic E-state index is 12.9. The zero-order chi connectivity index (χ0) is 21.5. The molecule has 1 aromatic heterocycles. The number of benzene rings is 3. The summed E-state index contributed by atoms with van der Waals surface area (Å²) >= 11 is 1.29. The van der Waals surface area contributed by atoms with E-state index in [1.807, 2.05) is 25.1 Å². The summed E-state index contributed by atoms with van der Waals surface area (Å²) in [6, 6.07) is 17.3. The van der Waals surface area contributed by atoms with E-state index >= 15 is 0 Å². The first-order chi connectivity index (χ1) is 14.1. The zero-order valence-electron chi connectivity index (χ0n) is 15.6. The highest BCUT2D eigenvalue weighted by molar-refractivity contribution is 7.92. The molecular formula is C20H16N2O5S3. The lowest BCUT2D eigenvalue weighted by Gasteiger charge is -2.12. The lowest BCUT2D eigenvalue weighted by Crippen LogP contribution is -2.14. The standard InChI is InChI=1S/C20H16N2O5S3/c1-13-6-8-14(9-7-13)29(23,24)22-17-11-10-15(30(25,26)27)12-16(17)20-21-18-4-2-3-5-19(18)28-20/h2-12,22H,1H3,(H,25,26,27). The molecule has 10 heteroatoms. The molecule has 30 heavy (non-hydrogen) atoms. The van der Waals surface area contributed by atoms with Crippen molar-refractivity contribution >= 4 is 47.4 Å². The van der Waals surface area contributed by atoms with E-state index in [-0.39, 0.29) is 21.0 Å². The highest BCUT2D eigenvalue weighted by Gasteiger charge is 2.21. The second-order valence-corrected chi connectivity index (χ2v) is 10.7. The van der Waals surface area contributed by atoms with Gasteiger partial charge in [-0.2, -0.15) is 8.42 Å². The number of fused-ring (bicyclic) bond motifs is 1. The summed E-state index contributed by atoms with van der Waals surface area (Å²) in [6.45, 7) is 1.85. The van der Waals surface area contributed by atoms with Crippen LogP contribution in [0.25, 0.3) is 20.8 Å². The van der Waals surface area contributed by atoms with Gasteiger partial charge in [0, 0.05) is 5.56 Å². The normalized spacial score (nSPS) is 12.2. The molecule has 0 bridgehead atoms. The van der Waals surface area contributed by atoms with Crippen molar-refractivity contribution in [2.75, 3.05) is 4.72 Å². The van der Waals surface area contributed by atoms with Gasteiger partial charge in [-0.05, 0) is 49.4 Å². The molecule has 4 aromatic rings. The summed E-state index contributed by atoms with van der Waals surface area (Å²) in [7, 11) is -8.41. The Kier molecular flexibility index (Phi) is 5.10. The third kappa shape index (κ3) is 4.08. The van der Waals surface area contributed by atoms with Crippen LogP contribution in [0.2, 0.25) is 0 Å². The first kappa shape index (κ1) is 20.5. The van der Waals surface area contributed by atoms with Crippen molar-refractivity contribution in [2.45, 2.75) is 16.7 Å². The molecule has 4 rings (SSSR count). The van der Waals surface area contributed by atoms with Crippen molar-refractivity contribution in [3.05, 3.63) is 72.3 Å². The fourth-order valence-electron chi connectivity index (χ4n) is 2.86. The van der Waals surface area contributed by atoms with Crippen molar-refractivity contribution in [1.82, 2.24) is 4.98 Å². The minimum atomic E-state index is -4.48. The predicted octanol–water partition coefficient (Wildman–Crippen LogP) is 4.32. The molecule has 1 heterocycles. The molecule has 0 unspecified atom stereocenters. The summed E-state index contributed by atoms with van der Waals surface area (Å²) in [5.74, 6) is 0. The Morgan fingerprint density at radius 3 is 2.23 bits per heavy atom. The number of nitrogens with one attached hydrogen (secondary N) is 1. The monoisotopic (exact) mass is 460 g/mol. The minimum Gasteiger partial charge on any atom is -0.282 e. The number of nitrogens with zero attached hydrogens (tertiary/aromatic N) is 1. The van der Waals surface area contributed by atoms with E-state index in [1.165, 1.54) is 35.6 Å². The molecular weight excluding hydrogens is 444 g/mol. The number of aryl methyl sites for hydroxylation is 1. The van der Waals surface area contributed by atoms with E-state index in [1.54, 1.807) is 18.2 Å². The van der Waals surface area contributed by atoms with Crippen molar-refractivity contribution in [3.8, 4) is 10.6 Å². The van der Waals surface area contributed by atoms with E-state index in [2.05, 4.69) is 9.71 Å². The number of hydrogen-bond acceptors (Lipinski definition) is 6. The van der Waals surface area contributed by atoms with Crippen molar-refractivity contribution in [1.29, 1.82) is 0 Å². The molecule has 2 N–H and O–H groups in total. The van der Waals surface area contributed by atoms with Crippen molar-refractivity contribution in [2.24, 2.45) is 0 Å². The van der Waals surface area contributed by atoms with E-state index in [4.69, 9.17) is 0 Å². The van der Waals surface area contributed by atoms with Gasteiger partial charge in [-0.3, -0.25) is 9.27 Å². The number of rotatable bonds is 5. The molecule has 3 aromatic carbocycles. The Balaban J connectivity index is 1.86. The molecule has 0 aliphatic heterocycles. The zero-order valence-corrected chi connectivity index (χ0v) is 18.1. The van der Waals surface area contributed by atoms with Crippen LogP contribution in [0.1, 0.15) is 5.56 Å². The van der Waals surface area contributed by atoms with Crippen LogP contribution in [-0.2, 0) is 20.1 Å². The van der Waals surface area contributed by atoms with E-state index in [0.29, 0.717) is 10.5 Å². The molecule has 0 atom stereocenters. The molecule has 0 radical (unpaired) electrons. The first-order valence-corrected chi connectivity index (χ1v) is 12.4. The third-order valence-electron chi connectivity index (χ3n) is 4.39. The maximum atomic E-state index is 12.9. The summed E-state index contributed by atoms with van der Waals surface area (Å²) < 4.78 is 61.8. The van der Waals surface area contributed by atoms with Crippen molar-refractivity contribution in [3.63, 3.8) is 0 Å². The Labute approximate surface area is 177 Å². The second-order valence-electron chi connectivity index (χ2n) is 6.59. The number of sulfonamides is 1. The Morgan fingerprint density at radius 2 is 1.57 bits per heavy atom.